The number of hydrogen-bond donors (Lipinski definition) is 1. The van der Waals surface area contributed by atoms with Crippen LogP contribution in [0.25, 0.3) is 11.1 Å². The fraction of sp³-hybridized carbons (Fsp3) is 0.185. The van der Waals surface area contributed by atoms with Crippen molar-refractivity contribution in [1.82, 2.24) is 0 Å². The van der Waals surface area contributed by atoms with E-state index in [9.17, 15) is 0 Å². The van der Waals surface area contributed by atoms with Gasteiger partial charge in [0, 0.05) is 22.7 Å². The van der Waals surface area contributed by atoms with Crippen molar-refractivity contribution >= 4 is 5.69 Å². The van der Waals surface area contributed by atoms with E-state index in [4.69, 9.17) is 0 Å². The average molecular weight is 364 g/mol. The van der Waals surface area contributed by atoms with Crippen LogP contribution in [0.5, 0.6) is 0 Å². The van der Waals surface area contributed by atoms with Gasteiger partial charge in [-0.3, -0.25) is 0 Å². The van der Waals surface area contributed by atoms with Crippen LogP contribution >= 0.6 is 0 Å². The molecular weight excluding hydrogens is 338 g/mol. The maximum Gasteiger partial charge on any atom is 0.0387 e. The molecule has 28 heavy (non-hydrogen) atoms. The Morgan fingerprint density at radius 3 is 2.36 bits per heavy atom. The molecule has 0 bridgehead atoms. The van der Waals surface area contributed by atoms with Gasteiger partial charge in [0.15, 0.2) is 0 Å². The fourth-order valence-electron chi connectivity index (χ4n) is 4.61. The fourth-order valence-corrected chi connectivity index (χ4v) is 4.61. The molecule has 1 atom stereocenters. The lowest BCUT2D eigenvalue weighted by Crippen LogP contribution is -2.15. The molecule has 3 aromatic carbocycles. The van der Waals surface area contributed by atoms with Crippen LogP contribution in [0.4, 0.5) is 5.69 Å². The summed E-state index contributed by atoms with van der Waals surface area (Å²) in [6, 6.07) is 26.3. The van der Waals surface area contributed by atoms with Gasteiger partial charge >= 0.3 is 0 Å². The summed E-state index contributed by atoms with van der Waals surface area (Å²) < 4.78 is 0. The van der Waals surface area contributed by atoms with Gasteiger partial charge in [-0.1, -0.05) is 86.7 Å². The number of fused-ring (bicyclic) bond motifs is 3. The minimum atomic E-state index is 0.0405. The van der Waals surface area contributed by atoms with E-state index in [1.54, 1.807) is 0 Å². The lowest BCUT2D eigenvalue weighted by molar-refractivity contribution is 0.660. The third kappa shape index (κ3) is 2.79. The molecule has 0 spiro atoms. The van der Waals surface area contributed by atoms with Crippen LogP contribution in [-0.2, 0) is 5.41 Å². The molecule has 0 amide bonds. The van der Waals surface area contributed by atoms with E-state index in [-0.39, 0.29) is 5.41 Å². The maximum atomic E-state index is 3.62. The van der Waals surface area contributed by atoms with E-state index in [1.165, 1.54) is 33.5 Å². The topological polar surface area (TPSA) is 12.0 Å². The van der Waals surface area contributed by atoms with Crippen LogP contribution in [0.1, 0.15) is 42.9 Å². The standard InChI is InChI=1S/C27H25N/c1-27(2)25-11-7-6-10-23(25)24-17-16-22(18-26(24)27)28-21-14-12-20(13-15-21)19-8-4-3-5-9-19/h3-12,14-18,20,28H,13H2,1-2H3. The molecule has 5 rings (SSSR count). The minimum absolute atomic E-state index is 0.0405. The molecule has 0 aliphatic heterocycles. The normalized spacial score (nSPS) is 18.9. The van der Waals surface area contributed by atoms with Gasteiger partial charge in [-0.25, -0.2) is 0 Å². The first-order chi connectivity index (χ1) is 13.6. The zero-order valence-corrected chi connectivity index (χ0v) is 16.4. The molecule has 2 aliphatic rings. The monoisotopic (exact) mass is 363 g/mol. The van der Waals surface area contributed by atoms with Gasteiger partial charge in [-0.15, -0.1) is 0 Å². The van der Waals surface area contributed by atoms with Gasteiger partial charge < -0.3 is 5.32 Å². The van der Waals surface area contributed by atoms with Gasteiger partial charge in [0.05, 0.1) is 0 Å². The first-order valence-electron chi connectivity index (χ1n) is 10.1. The number of allylic oxidation sites excluding steroid dienone is 3. The smallest absolute Gasteiger partial charge is 0.0387 e. The summed E-state index contributed by atoms with van der Waals surface area (Å²) in [7, 11) is 0. The van der Waals surface area contributed by atoms with Gasteiger partial charge in [0.25, 0.3) is 0 Å². The molecule has 0 saturated heterocycles. The second-order valence-electron chi connectivity index (χ2n) is 8.33. The lowest BCUT2D eigenvalue weighted by Gasteiger charge is -2.22. The van der Waals surface area contributed by atoms with Crippen molar-refractivity contribution in [3.05, 3.63) is 113 Å². The Kier molecular flexibility index (Phi) is 3.98. The van der Waals surface area contributed by atoms with Crippen LogP contribution in [0, 0.1) is 0 Å². The second kappa shape index (κ2) is 6.53. The minimum Gasteiger partial charge on any atom is -0.356 e. The number of hydrogen-bond acceptors (Lipinski definition) is 1. The molecule has 1 nitrogen and oxygen atoms in total. The number of nitrogens with one attached hydrogen (secondary N) is 1. The van der Waals surface area contributed by atoms with E-state index in [2.05, 4.69) is 110 Å². The molecule has 0 saturated carbocycles. The third-order valence-corrected chi connectivity index (χ3v) is 6.20. The highest BCUT2D eigenvalue weighted by molar-refractivity contribution is 5.82. The number of benzene rings is 3. The summed E-state index contributed by atoms with van der Waals surface area (Å²) in [5, 5.41) is 3.62. The van der Waals surface area contributed by atoms with Crippen molar-refractivity contribution in [2.75, 3.05) is 5.32 Å². The highest BCUT2D eigenvalue weighted by Gasteiger charge is 2.35. The van der Waals surface area contributed by atoms with Crippen LogP contribution in [0.2, 0.25) is 0 Å². The molecule has 0 heterocycles. The first kappa shape index (κ1) is 17.1. The molecule has 2 aliphatic carbocycles. The Morgan fingerprint density at radius 2 is 1.57 bits per heavy atom. The number of anilines is 1. The Bertz CT molecular complexity index is 1090. The molecule has 1 N–H and O–H groups in total. The molecule has 138 valence electrons. The summed E-state index contributed by atoms with van der Waals surface area (Å²) in [5.74, 6) is 0.472. The molecule has 0 radical (unpaired) electrons. The molecule has 1 unspecified atom stereocenters. The van der Waals surface area contributed by atoms with Crippen LogP contribution in [0.3, 0.4) is 0 Å². The quantitative estimate of drug-likeness (QED) is 0.526. The Hall–Kier alpha value is -3.06. The molecule has 1 heteroatoms. The summed E-state index contributed by atoms with van der Waals surface area (Å²) >= 11 is 0. The molecule has 0 aromatic heterocycles. The average Bonchev–Trinajstić information content (AvgIpc) is 2.97. The van der Waals surface area contributed by atoms with Crippen molar-refractivity contribution in [1.29, 1.82) is 0 Å². The summed E-state index contributed by atoms with van der Waals surface area (Å²) in [4.78, 5) is 0. The van der Waals surface area contributed by atoms with E-state index < -0.39 is 0 Å². The van der Waals surface area contributed by atoms with Crippen molar-refractivity contribution < 1.29 is 0 Å². The van der Waals surface area contributed by atoms with Crippen molar-refractivity contribution in [3.8, 4) is 11.1 Å². The summed E-state index contributed by atoms with van der Waals surface area (Å²) in [5.41, 5.74) is 9.32. The van der Waals surface area contributed by atoms with E-state index in [0.29, 0.717) is 5.92 Å². The van der Waals surface area contributed by atoms with E-state index in [0.717, 1.165) is 12.1 Å². The third-order valence-electron chi connectivity index (χ3n) is 6.20. The van der Waals surface area contributed by atoms with Crippen LogP contribution in [0.15, 0.2) is 96.7 Å². The van der Waals surface area contributed by atoms with E-state index in [1.807, 2.05) is 0 Å². The molecular formula is C27H25N. The first-order valence-corrected chi connectivity index (χ1v) is 10.1. The van der Waals surface area contributed by atoms with Gasteiger partial charge in [-0.2, -0.15) is 0 Å². The van der Waals surface area contributed by atoms with Gasteiger partial charge in [0.2, 0.25) is 0 Å². The SMILES string of the molecule is CC1(C)c2ccccc2-c2ccc(NC3=CCC(c4ccccc4)C=C3)cc21. The Labute approximate surface area is 167 Å². The van der Waals surface area contributed by atoms with E-state index >= 15 is 0 Å². The lowest BCUT2D eigenvalue weighted by atomic mass is 9.82. The predicted molar refractivity (Wildman–Crippen MR) is 119 cm³/mol. The van der Waals surface area contributed by atoms with Gasteiger partial charge in [0.1, 0.15) is 0 Å². The Morgan fingerprint density at radius 1 is 0.821 bits per heavy atom. The molecule has 3 aromatic rings. The second-order valence-corrected chi connectivity index (χ2v) is 8.33. The largest absolute Gasteiger partial charge is 0.356 e. The van der Waals surface area contributed by atoms with Crippen molar-refractivity contribution in [2.24, 2.45) is 0 Å². The highest BCUT2D eigenvalue weighted by atomic mass is 14.9. The highest BCUT2D eigenvalue weighted by Crippen LogP contribution is 2.49. The zero-order chi connectivity index (χ0) is 19.1. The van der Waals surface area contributed by atoms with Gasteiger partial charge in [-0.05, 0) is 52.4 Å². The zero-order valence-electron chi connectivity index (χ0n) is 16.4. The Balaban J connectivity index is 1.38. The number of rotatable bonds is 3. The summed E-state index contributed by atoms with van der Waals surface area (Å²) in [6.07, 6.45) is 7.87. The summed E-state index contributed by atoms with van der Waals surface area (Å²) in [6.45, 7) is 4.65. The van der Waals surface area contributed by atoms with Crippen molar-refractivity contribution in [3.63, 3.8) is 0 Å². The predicted octanol–water partition coefficient (Wildman–Crippen LogP) is 7.03. The molecule has 0 fully saturated rings. The van der Waals surface area contributed by atoms with Crippen LogP contribution in [-0.4, -0.2) is 0 Å². The van der Waals surface area contributed by atoms with Crippen LogP contribution < -0.4 is 5.32 Å². The maximum absolute atomic E-state index is 3.62. The van der Waals surface area contributed by atoms with Crippen molar-refractivity contribution in [2.45, 2.75) is 31.6 Å².